The van der Waals surface area contributed by atoms with Gasteiger partial charge in [-0.3, -0.25) is 37.3 Å². The summed E-state index contributed by atoms with van der Waals surface area (Å²) < 4.78 is 68.4. The van der Waals surface area contributed by atoms with Gasteiger partial charge in [-0.25, -0.2) is 9.13 Å². The molecule has 0 spiro atoms. The third-order valence-electron chi connectivity index (χ3n) is 16.6. The molecule has 0 amide bonds. The van der Waals surface area contributed by atoms with Crippen molar-refractivity contribution in [2.75, 3.05) is 39.6 Å². The van der Waals surface area contributed by atoms with Crippen molar-refractivity contribution in [3.8, 4) is 0 Å². The quantitative estimate of drug-likeness (QED) is 0.0169. The van der Waals surface area contributed by atoms with E-state index in [0.29, 0.717) is 25.7 Å². The summed E-state index contributed by atoms with van der Waals surface area (Å²) in [5.74, 6) is -2.14. The van der Waals surface area contributed by atoms with Crippen molar-refractivity contribution >= 4 is 39.5 Å². The molecule has 94 heavy (non-hydrogen) atoms. The highest BCUT2D eigenvalue weighted by molar-refractivity contribution is 7.47. The first-order valence-corrected chi connectivity index (χ1v) is 41.2. The van der Waals surface area contributed by atoms with Crippen LogP contribution in [0.15, 0.2) is 36.5 Å². The Balaban J connectivity index is 5.26. The predicted octanol–water partition coefficient (Wildman–Crippen LogP) is 21.6. The van der Waals surface area contributed by atoms with Gasteiger partial charge in [0.25, 0.3) is 0 Å². The first kappa shape index (κ1) is 91.3. The van der Waals surface area contributed by atoms with Crippen molar-refractivity contribution in [3.63, 3.8) is 0 Å². The largest absolute Gasteiger partial charge is 0.472 e. The summed E-state index contributed by atoms with van der Waals surface area (Å²) in [6.07, 6.45) is 62.7. The Kier molecular flexibility index (Phi) is 66.8. The van der Waals surface area contributed by atoms with E-state index in [-0.39, 0.29) is 25.7 Å². The third-order valence-corrected chi connectivity index (χ3v) is 18.6. The van der Waals surface area contributed by atoms with Crippen LogP contribution in [0.2, 0.25) is 0 Å². The minimum atomic E-state index is -4.96. The Labute approximate surface area is 573 Å². The molecular formula is C75H140O17P2. The highest BCUT2D eigenvalue weighted by Gasteiger charge is 2.30. The molecule has 0 aliphatic heterocycles. The van der Waals surface area contributed by atoms with E-state index in [2.05, 4.69) is 64.2 Å². The monoisotopic (exact) mass is 1370 g/mol. The van der Waals surface area contributed by atoms with Crippen molar-refractivity contribution in [2.45, 2.75) is 380 Å². The number of carbonyl (C=O) groups is 4. The molecule has 0 rings (SSSR count). The fourth-order valence-corrected chi connectivity index (χ4v) is 12.4. The number of aliphatic hydroxyl groups excluding tert-OH is 1. The van der Waals surface area contributed by atoms with Gasteiger partial charge in [-0.15, -0.1) is 0 Å². The maximum absolute atomic E-state index is 13.0. The molecule has 0 aliphatic rings. The topological polar surface area (TPSA) is 237 Å². The Morgan fingerprint density at radius 2 is 0.553 bits per heavy atom. The number of esters is 4. The van der Waals surface area contributed by atoms with Gasteiger partial charge in [0.2, 0.25) is 0 Å². The zero-order valence-corrected chi connectivity index (χ0v) is 61.9. The molecule has 3 N–H and O–H groups in total. The van der Waals surface area contributed by atoms with Crippen molar-refractivity contribution in [1.82, 2.24) is 0 Å². The molecule has 5 unspecified atom stereocenters. The highest BCUT2D eigenvalue weighted by Crippen LogP contribution is 2.45. The number of carbonyl (C=O) groups excluding carboxylic acids is 4. The average Bonchev–Trinajstić information content (AvgIpc) is 1.32. The first-order chi connectivity index (χ1) is 45.7. The van der Waals surface area contributed by atoms with Gasteiger partial charge in [0.1, 0.15) is 19.3 Å². The van der Waals surface area contributed by atoms with Crippen LogP contribution in [0, 0.1) is 0 Å². The zero-order chi connectivity index (χ0) is 69.0. The molecule has 0 aliphatic carbocycles. The van der Waals surface area contributed by atoms with Crippen LogP contribution in [0.5, 0.6) is 0 Å². The van der Waals surface area contributed by atoms with Crippen LogP contribution in [0.25, 0.3) is 0 Å². The summed E-state index contributed by atoms with van der Waals surface area (Å²) in [4.78, 5) is 72.7. The Morgan fingerprint density at radius 3 is 0.851 bits per heavy atom. The van der Waals surface area contributed by atoms with Gasteiger partial charge in [0.15, 0.2) is 12.2 Å². The summed E-state index contributed by atoms with van der Waals surface area (Å²) in [6, 6.07) is 0. The van der Waals surface area contributed by atoms with Gasteiger partial charge >= 0.3 is 39.5 Å². The van der Waals surface area contributed by atoms with Gasteiger partial charge in [0.05, 0.1) is 26.4 Å². The number of unbranched alkanes of at least 4 members (excludes halogenated alkanes) is 41. The van der Waals surface area contributed by atoms with Gasteiger partial charge < -0.3 is 33.8 Å². The molecule has 0 aromatic heterocycles. The van der Waals surface area contributed by atoms with E-state index in [1.54, 1.807) is 0 Å². The van der Waals surface area contributed by atoms with Crippen molar-refractivity contribution in [1.29, 1.82) is 0 Å². The maximum atomic E-state index is 13.0. The van der Waals surface area contributed by atoms with E-state index in [4.69, 9.17) is 37.0 Å². The highest BCUT2D eigenvalue weighted by atomic mass is 31.2. The Hall–Kier alpha value is -2.72. The lowest BCUT2D eigenvalue weighted by Gasteiger charge is -2.21. The van der Waals surface area contributed by atoms with E-state index < -0.39 is 97.5 Å². The molecule has 0 radical (unpaired) electrons. The van der Waals surface area contributed by atoms with E-state index in [1.807, 2.05) is 0 Å². The number of hydrogen-bond donors (Lipinski definition) is 3. The number of allylic oxidation sites excluding steroid dienone is 6. The number of rotatable bonds is 73. The summed E-state index contributed by atoms with van der Waals surface area (Å²) in [6.45, 7) is 4.82. The second-order valence-corrected chi connectivity index (χ2v) is 28.8. The fraction of sp³-hybridized carbons (Fsp3) is 0.867. The van der Waals surface area contributed by atoms with Crippen LogP contribution in [-0.2, 0) is 65.4 Å². The van der Waals surface area contributed by atoms with Gasteiger partial charge in [0, 0.05) is 25.7 Å². The molecule has 0 bridgehead atoms. The van der Waals surface area contributed by atoms with E-state index in [0.717, 1.165) is 135 Å². The number of hydrogen-bond acceptors (Lipinski definition) is 15. The van der Waals surface area contributed by atoms with Crippen LogP contribution in [0.1, 0.15) is 362 Å². The van der Waals surface area contributed by atoms with Crippen molar-refractivity contribution < 1.29 is 80.2 Å². The summed E-state index contributed by atoms with van der Waals surface area (Å²) in [5.41, 5.74) is 0. The second kappa shape index (κ2) is 68.8. The summed E-state index contributed by atoms with van der Waals surface area (Å²) in [5, 5.41) is 10.6. The molecule has 0 aromatic rings. The average molecular weight is 1380 g/mol. The van der Waals surface area contributed by atoms with Gasteiger partial charge in [-0.2, -0.15) is 0 Å². The molecule has 0 saturated carbocycles. The van der Waals surface area contributed by atoms with Crippen molar-refractivity contribution in [3.05, 3.63) is 36.5 Å². The van der Waals surface area contributed by atoms with Crippen LogP contribution in [0.4, 0.5) is 0 Å². The first-order valence-electron chi connectivity index (χ1n) is 38.2. The van der Waals surface area contributed by atoms with Gasteiger partial charge in [-0.05, 0) is 57.8 Å². The number of ether oxygens (including phenoxy) is 4. The van der Waals surface area contributed by atoms with Crippen LogP contribution < -0.4 is 0 Å². The van der Waals surface area contributed by atoms with E-state index >= 15 is 0 Å². The lowest BCUT2D eigenvalue weighted by atomic mass is 10.0. The minimum Gasteiger partial charge on any atom is -0.462 e. The molecule has 17 nitrogen and oxygen atoms in total. The van der Waals surface area contributed by atoms with Crippen LogP contribution in [-0.4, -0.2) is 96.7 Å². The lowest BCUT2D eigenvalue weighted by molar-refractivity contribution is -0.161. The Bertz CT molecular complexity index is 1930. The molecule has 5 atom stereocenters. The second-order valence-electron chi connectivity index (χ2n) is 25.9. The molecular weight excluding hydrogens is 1230 g/mol. The normalized spacial score (nSPS) is 14.2. The SMILES string of the molecule is CC/C=C\C/C=C\C/C=C\CCCCCCCCCC(=O)OCC(COP(=O)(O)OCC(O)COP(=O)(O)OCC(COC(=O)CCCCCCCCCCCCCCC)OC(=O)CCCCCCCCCCCCCCC)OC(=O)CCCCCCCCCCCCC. The zero-order valence-electron chi connectivity index (χ0n) is 60.2. The lowest BCUT2D eigenvalue weighted by Crippen LogP contribution is -2.30. The predicted molar refractivity (Wildman–Crippen MR) is 381 cm³/mol. The van der Waals surface area contributed by atoms with Crippen LogP contribution >= 0.6 is 15.6 Å². The summed E-state index contributed by atoms with van der Waals surface area (Å²) in [7, 11) is -9.92. The molecule has 552 valence electrons. The number of aliphatic hydroxyl groups is 1. The van der Waals surface area contributed by atoms with E-state index in [9.17, 15) is 43.2 Å². The molecule has 19 heteroatoms. The Morgan fingerprint density at radius 1 is 0.309 bits per heavy atom. The molecule has 0 heterocycles. The van der Waals surface area contributed by atoms with Gasteiger partial charge in [-0.1, -0.05) is 315 Å². The van der Waals surface area contributed by atoms with Crippen LogP contribution in [0.3, 0.4) is 0 Å². The number of phosphoric ester groups is 2. The molecule has 0 saturated heterocycles. The third kappa shape index (κ3) is 67.8. The summed E-state index contributed by atoms with van der Waals surface area (Å²) >= 11 is 0. The van der Waals surface area contributed by atoms with E-state index in [1.165, 1.54) is 148 Å². The smallest absolute Gasteiger partial charge is 0.462 e. The minimum absolute atomic E-state index is 0.101. The fourth-order valence-electron chi connectivity index (χ4n) is 10.8. The van der Waals surface area contributed by atoms with Crippen molar-refractivity contribution in [2.24, 2.45) is 0 Å². The number of phosphoric acid groups is 2. The standard InChI is InChI=1S/C75H140O17P2/c1-5-9-13-17-21-25-29-32-33-34-35-38-41-44-48-52-56-60-73(78)86-65-70(91-74(79)61-57-53-49-45-39-28-24-20-16-12-8-4)67-89-93(81,82)87-63-69(76)64-88-94(83,84)90-68-71(92-75(80)62-58-54-50-46-42-37-31-27-23-19-15-11-7-3)66-85-72(77)59-55-51-47-43-40-36-30-26-22-18-14-10-6-2/h9,13,21,25,32-33,69-71,76H,5-8,10-12,14-20,22-24,26-31,34-68H2,1-4H3,(H,81,82)(H,83,84)/b13-9-,25-21-,33-32-. The molecule has 0 fully saturated rings. The molecule has 0 aromatic carbocycles. The maximum Gasteiger partial charge on any atom is 0.472 e.